The van der Waals surface area contributed by atoms with Crippen molar-refractivity contribution in [2.24, 2.45) is 0 Å². The Bertz CT molecular complexity index is 1070. The van der Waals surface area contributed by atoms with E-state index in [4.69, 9.17) is 10.2 Å². The molecule has 2 N–H and O–H groups in total. The summed E-state index contributed by atoms with van der Waals surface area (Å²) in [6, 6.07) is 12.9. The second-order valence-corrected chi connectivity index (χ2v) is 5.70. The molecule has 2 aromatic heterocycles. The van der Waals surface area contributed by atoms with Crippen LogP contribution in [0.5, 0.6) is 0 Å². The Balaban J connectivity index is 1.90. The molecule has 0 atom stereocenters. The summed E-state index contributed by atoms with van der Waals surface area (Å²) in [7, 11) is 0. The van der Waals surface area contributed by atoms with Crippen molar-refractivity contribution in [3.63, 3.8) is 0 Å². The third-order valence-corrected chi connectivity index (χ3v) is 3.94. The Hall–Kier alpha value is -3.08. The van der Waals surface area contributed by atoms with Crippen LogP contribution in [0.2, 0.25) is 0 Å². The number of hydrogen-bond acceptors (Lipinski definition) is 4. The fourth-order valence-electron chi connectivity index (χ4n) is 2.82. The van der Waals surface area contributed by atoms with Crippen LogP contribution in [-0.4, -0.2) is 15.5 Å². The summed E-state index contributed by atoms with van der Waals surface area (Å²) in [5, 5.41) is 0.903. The Morgan fingerprint density at radius 1 is 1.13 bits per heavy atom. The number of imidazole rings is 1. The van der Waals surface area contributed by atoms with Crippen molar-refractivity contribution in [2.75, 3.05) is 5.73 Å². The zero-order valence-electron chi connectivity index (χ0n) is 12.8. The molecule has 0 aliphatic carbocycles. The van der Waals surface area contributed by atoms with E-state index in [0.717, 1.165) is 16.5 Å². The number of nitrogens with two attached hydrogens (primary N) is 1. The molecule has 23 heavy (non-hydrogen) atoms. The fourth-order valence-corrected chi connectivity index (χ4v) is 2.82. The van der Waals surface area contributed by atoms with Crippen LogP contribution in [0.4, 0.5) is 5.69 Å². The summed E-state index contributed by atoms with van der Waals surface area (Å²) < 4.78 is 7.28. The summed E-state index contributed by atoms with van der Waals surface area (Å²) in [6.07, 6.45) is 0. The van der Waals surface area contributed by atoms with E-state index in [0.29, 0.717) is 22.6 Å². The summed E-state index contributed by atoms with van der Waals surface area (Å²) in [5.74, 6) is 0.645. The minimum atomic E-state index is -0.246. The molecule has 0 radical (unpaired) electrons. The average molecular weight is 305 g/mol. The summed E-state index contributed by atoms with van der Waals surface area (Å²) in [5.41, 5.74) is 9.64. The minimum absolute atomic E-state index is 0.246. The van der Waals surface area contributed by atoms with E-state index in [9.17, 15) is 4.79 Å². The lowest BCUT2D eigenvalue weighted by molar-refractivity contribution is 0.0937. The van der Waals surface area contributed by atoms with Crippen molar-refractivity contribution in [1.29, 1.82) is 0 Å². The third-order valence-electron chi connectivity index (χ3n) is 3.94. The number of aromatic nitrogens is 2. The number of carbonyl (C=O) groups is 1. The van der Waals surface area contributed by atoms with Crippen LogP contribution in [0.15, 0.2) is 46.9 Å². The van der Waals surface area contributed by atoms with E-state index in [2.05, 4.69) is 4.98 Å². The Kier molecular flexibility index (Phi) is 2.78. The number of nitrogens with zero attached hydrogens (tertiary/aromatic N) is 2. The fraction of sp³-hybridized carbons (Fsp3) is 0.111. The largest absolute Gasteiger partial charge is 0.451 e. The molecule has 0 saturated carbocycles. The lowest BCUT2D eigenvalue weighted by Crippen LogP contribution is -2.12. The first-order valence-electron chi connectivity index (χ1n) is 7.32. The van der Waals surface area contributed by atoms with Crippen molar-refractivity contribution in [3.8, 4) is 0 Å². The van der Waals surface area contributed by atoms with Crippen LogP contribution >= 0.6 is 0 Å². The molecule has 0 bridgehead atoms. The van der Waals surface area contributed by atoms with Gasteiger partial charge in [0.25, 0.3) is 5.91 Å². The maximum absolute atomic E-state index is 12.9. The summed E-state index contributed by atoms with van der Waals surface area (Å²) in [4.78, 5) is 17.3. The van der Waals surface area contributed by atoms with Gasteiger partial charge in [-0.15, -0.1) is 0 Å². The quantitative estimate of drug-likeness (QED) is 0.544. The van der Waals surface area contributed by atoms with Gasteiger partial charge in [0.2, 0.25) is 0 Å². The van der Waals surface area contributed by atoms with Crippen LogP contribution in [0.3, 0.4) is 0 Å². The number of furan rings is 1. The highest BCUT2D eigenvalue weighted by molar-refractivity contribution is 6.02. The van der Waals surface area contributed by atoms with Gasteiger partial charge in [0.15, 0.2) is 5.76 Å². The molecule has 114 valence electrons. The number of anilines is 1. The second-order valence-electron chi connectivity index (χ2n) is 5.70. The molecule has 0 unspecified atom stereocenters. The number of aryl methyl sites for hydroxylation is 2. The van der Waals surface area contributed by atoms with Gasteiger partial charge >= 0.3 is 0 Å². The SMILES string of the molecule is Cc1ccc2cc(C(=O)n3c(C)nc4ccc(N)cc43)oc2c1. The smallest absolute Gasteiger partial charge is 0.299 e. The first-order chi connectivity index (χ1) is 11.0. The molecule has 2 heterocycles. The molecule has 5 nitrogen and oxygen atoms in total. The monoisotopic (exact) mass is 305 g/mol. The van der Waals surface area contributed by atoms with Crippen LogP contribution in [0, 0.1) is 13.8 Å². The van der Waals surface area contributed by atoms with Gasteiger partial charge < -0.3 is 10.2 Å². The first-order valence-corrected chi connectivity index (χ1v) is 7.32. The predicted molar refractivity (Wildman–Crippen MR) is 89.6 cm³/mol. The standard InChI is InChI=1S/C18H15N3O2/c1-10-3-4-12-8-17(23-16(12)7-10)18(22)21-11(2)20-14-6-5-13(19)9-15(14)21/h3-9H,19H2,1-2H3. The molecule has 0 fully saturated rings. The van der Waals surface area contributed by atoms with Gasteiger partial charge in [-0.3, -0.25) is 9.36 Å². The molecule has 0 aliphatic rings. The summed E-state index contributed by atoms with van der Waals surface area (Å²) in [6.45, 7) is 3.78. The van der Waals surface area contributed by atoms with Gasteiger partial charge in [0, 0.05) is 11.1 Å². The molecule has 0 amide bonds. The first kappa shape index (κ1) is 13.6. The van der Waals surface area contributed by atoms with Crippen LogP contribution in [0.1, 0.15) is 21.9 Å². The number of rotatable bonds is 1. The maximum atomic E-state index is 12.9. The van der Waals surface area contributed by atoms with E-state index < -0.39 is 0 Å². The lowest BCUT2D eigenvalue weighted by atomic mass is 10.2. The number of benzene rings is 2. The van der Waals surface area contributed by atoms with Crippen LogP contribution in [0.25, 0.3) is 22.0 Å². The molecule has 2 aromatic carbocycles. The summed E-state index contributed by atoms with van der Waals surface area (Å²) >= 11 is 0. The highest BCUT2D eigenvalue weighted by Gasteiger charge is 2.19. The van der Waals surface area contributed by atoms with Gasteiger partial charge in [-0.2, -0.15) is 0 Å². The van der Waals surface area contributed by atoms with Gasteiger partial charge in [0.05, 0.1) is 11.0 Å². The van der Waals surface area contributed by atoms with E-state index in [1.807, 2.05) is 31.2 Å². The third kappa shape index (κ3) is 2.09. The zero-order chi connectivity index (χ0) is 16.1. The molecule has 0 spiro atoms. The molecule has 0 saturated heterocycles. The zero-order valence-corrected chi connectivity index (χ0v) is 12.8. The molecular weight excluding hydrogens is 290 g/mol. The highest BCUT2D eigenvalue weighted by atomic mass is 16.3. The topological polar surface area (TPSA) is 74.0 Å². The Morgan fingerprint density at radius 3 is 2.78 bits per heavy atom. The number of carbonyl (C=O) groups excluding carboxylic acids is 1. The highest BCUT2D eigenvalue weighted by Crippen LogP contribution is 2.24. The van der Waals surface area contributed by atoms with E-state index in [1.165, 1.54) is 4.57 Å². The van der Waals surface area contributed by atoms with Gasteiger partial charge in [0.1, 0.15) is 11.4 Å². The Morgan fingerprint density at radius 2 is 1.96 bits per heavy atom. The van der Waals surface area contributed by atoms with Crippen molar-refractivity contribution >= 4 is 33.6 Å². The van der Waals surface area contributed by atoms with E-state index in [1.54, 1.807) is 25.1 Å². The van der Waals surface area contributed by atoms with Crippen molar-refractivity contribution < 1.29 is 9.21 Å². The van der Waals surface area contributed by atoms with Gasteiger partial charge in [-0.05, 0) is 49.7 Å². The van der Waals surface area contributed by atoms with E-state index >= 15 is 0 Å². The van der Waals surface area contributed by atoms with E-state index in [-0.39, 0.29) is 11.7 Å². The lowest BCUT2D eigenvalue weighted by Gasteiger charge is -2.03. The van der Waals surface area contributed by atoms with Gasteiger partial charge in [-0.25, -0.2) is 4.98 Å². The molecule has 0 aliphatic heterocycles. The average Bonchev–Trinajstić information content (AvgIpc) is 3.06. The van der Waals surface area contributed by atoms with Crippen molar-refractivity contribution in [2.45, 2.75) is 13.8 Å². The Labute approximate surface area is 132 Å². The molecular formula is C18H15N3O2. The minimum Gasteiger partial charge on any atom is -0.451 e. The predicted octanol–water partition coefficient (Wildman–Crippen LogP) is 3.67. The normalized spacial score (nSPS) is 11.4. The number of hydrogen-bond donors (Lipinski definition) is 1. The molecule has 4 aromatic rings. The van der Waals surface area contributed by atoms with Crippen LogP contribution in [-0.2, 0) is 0 Å². The van der Waals surface area contributed by atoms with Crippen molar-refractivity contribution in [3.05, 3.63) is 59.6 Å². The molecule has 5 heteroatoms. The van der Waals surface area contributed by atoms with Crippen LogP contribution < -0.4 is 5.73 Å². The number of nitrogen functional groups attached to an aromatic ring is 1. The van der Waals surface area contributed by atoms with Gasteiger partial charge in [-0.1, -0.05) is 12.1 Å². The second kappa shape index (κ2) is 4.71. The maximum Gasteiger partial charge on any atom is 0.299 e. The van der Waals surface area contributed by atoms with Crippen molar-refractivity contribution in [1.82, 2.24) is 9.55 Å². The molecule has 4 rings (SSSR count). The number of fused-ring (bicyclic) bond motifs is 2.